The van der Waals surface area contributed by atoms with Gasteiger partial charge in [0.2, 0.25) is 5.95 Å². The van der Waals surface area contributed by atoms with Gasteiger partial charge in [-0.2, -0.15) is 0 Å². The molecule has 0 radical (unpaired) electrons. The van der Waals surface area contributed by atoms with E-state index < -0.39 is 0 Å². The average molecular weight is 533 g/mol. The predicted molar refractivity (Wildman–Crippen MR) is 162 cm³/mol. The van der Waals surface area contributed by atoms with Crippen LogP contribution in [-0.2, 0) is 12.8 Å². The minimum Gasteiger partial charge on any atom is -0.493 e. The van der Waals surface area contributed by atoms with Gasteiger partial charge in [-0.3, -0.25) is 0 Å². The average Bonchev–Trinajstić information content (AvgIpc) is 3.36. The van der Waals surface area contributed by atoms with Crippen molar-refractivity contribution in [2.24, 2.45) is 11.8 Å². The SMILES string of the molecule is CCNc1nc2ccc(-c3ccc4c(c3)CC(C)C(Cc3ncnc(Nc5ccccc5)c3C)CCO4)cc2[nH]1. The molecule has 2 unspecified atom stereocenters. The Morgan fingerprint density at radius 3 is 2.67 bits per heavy atom. The van der Waals surface area contributed by atoms with Crippen LogP contribution in [0.5, 0.6) is 5.75 Å². The Balaban J connectivity index is 1.21. The second-order valence-corrected chi connectivity index (χ2v) is 10.7. The first-order valence-corrected chi connectivity index (χ1v) is 14.2. The van der Waals surface area contributed by atoms with E-state index in [-0.39, 0.29) is 0 Å². The molecule has 0 amide bonds. The fourth-order valence-electron chi connectivity index (χ4n) is 5.65. The molecule has 0 bridgehead atoms. The molecular formula is C33H36N6O. The number of ether oxygens (including phenoxy) is 1. The first-order chi connectivity index (χ1) is 19.6. The number of benzene rings is 3. The Kier molecular flexibility index (Phi) is 7.36. The van der Waals surface area contributed by atoms with Gasteiger partial charge in [-0.1, -0.05) is 37.3 Å². The fraction of sp³-hybridized carbons (Fsp3) is 0.303. The van der Waals surface area contributed by atoms with Crippen molar-refractivity contribution in [3.63, 3.8) is 0 Å². The molecule has 3 N–H and O–H groups in total. The molecule has 204 valence electrons. The summed E-state index contributed by atoms with van der Waals surface area (Å²) in [6.07, 6.45) is 4.54. The highest BCUT2D eigenvalue weighted by atomic mass is 16.5. The number of H-pyrrole nitrogens is 1. The lowest BCUT2D eigenvalue weighted by atomic mass is 9.81. The molecule has 3 heterocycles. The molecule has 6 rings (SSSR count). The van der Waals surface area contributed by atoms with Crippen LogP contribution in [0.4, 0.5) is 17.5 Å². The molecule has 2 atom stereocenters. The third kappa shape index (κ3) is 5.50. The van der Waals surface area contributed by atoms with Crippen LogP contribution in [0.15, 0.2) is 73.1 Å². The van der Waals surface area contributed by atoms with E-state index in [4.69, 9.17) is 9.72 Å². The summed E-state index contributed by atoms with van der Waals surface area (Å²) in [7, 11) is 0. The topological polar surface area (TPSA) is 87.8 Å². The van der Waals surface area contributed by atoms with Gasteiger partial charge in [-0.05, 0) is 98.0 Å². The Bertz CT molecular complexity index is 1610. The maximum absolute atomic E-state index is 6.30. The predicted octanol–water partition coefficient (Wildman–Crippen LogP) is 7.32. The molecule has 0 aliphatic carbocycles. The number of nitrogens with zero attached hydrogens (tertiary/aromatic N) is 3. The molecule has 1 aliphatic heterocycles. The van der Waals surface area contributed by atoms with Gasteiger partial charge in [0.1, 0.15) is 17.9 Å². The molecule has 2 aromatic heterocycles. The zero-order valence-corrected chi connectivity index (χ0v) is 23.4. The van der Waals surface area contributed by atoms with Crippen molar-refractivity contribution in [1.29, 1.82) is 0 Å². The van der Waals surface area contributed by atoms with E-state index in [1.54, 1.807) is 6.33 Å². The van der Waals surface area contributed by atoms with Crippen LogP contribution in [0.2, 0.25) is 0 Å². The Morgan fingerprint density at radius 2 is 1.82 bits per heavy atom. The van der Waals surface area contributed by atoms with E-state index in [1.807, 2.05) is 18.2 Å². The zero-order valence-electron chi connectivity index (χ0n) is 23.4. The maximum Gasteiger partial charge on any atom is 0.201 e. The summed E-state index contributed by atoms with van der Waals surface area (Å²) in [5, 5.41) is 6.71. The summed E-state index contributed by atoms with van der Waals surface area (Å²) in [5.41, 5.74) is 8.86. The third-order valence-electron chi connectivity index (χ3n) is 7.99. The van der Waals surface area contributed by atoms with E-state index in [9.17, 15) is 0 Å². The number of aromatic nitrogens is 4. The van der Waals surface area contributed by atoms with E-state index in [0.717, 1.165) is 71.3 Å². The smallest absolute Gasteiger partial charge is 0.201 e. The Morgan fingerprint density at radius 1 is 1.00 bits per heavy atom. The van der Waals surface area contributed by atoms with E-state index in [0.29, 0.717) is 18.4 Å². The van der Waals surface area contributed by atoms with Crippen LogP contribution in [0, 0.1) is 18.8 Å². The van der Waals surface area contributed by atoms with Crippen molar-refractivity contribution >= 4 is 28.5 Å². The number of hydrogen-bond acceptors (Lipinski definition) is 6. The Labute approximate surface area is 235 Å². The van der Waals surface area contributed by atoms with E-state index >= 15 is 0 Å². The van der Waals surface area contributed by atoms with Crippen molar-refractivity contribution in [3.05, 3.63) is 89.9 Å². The summed E-state index contributed by atoms with van der Waals surface area (Å²) in [6, 6.07) is 23.2. The molecule has 7 heteroatoms. The van der Waals surface area contributed by atoms with Crippen LogP contribution in [0.25, 0.3) is 22.2 Å². The highest BCUT2D eigenvalue weighted by Gasteiger charge is 2.24. The maximum atomic E-state index is 6.30. The number of para-hydroxylation sites is 1. The van der Waals surface area contributed by atoms with Gasteiger partial charge in [-0.25, -0.2) is 15.0 Å². The van der Waals surface area contributed by atoms with Gasteiger partial charge in [-0.15, -0.1) is 0 Å². The van der Waals surface area contributed by atoms with Crippen LogP contribution < -0.4 is 15.4 Å². The van der Waals surface area contributed by atoms with Crippen LogP contribution in [-0.4, -0.2) is 33.1 Å². The summed E-state index contributed by atoms with van der Waals surface area (Å²) in [4.78, 5) is 17.2. The van der Waals surface area contributed by atoms with Gasteiger partial charge in [0.05, 0.1) is 17.6 Å². The van der Waals surface area contributed by atoms with Gasteiger partial charge < -0.3 is 20.4 Å². The highest BCUT2D eigenvalue weighted by Crippen LogP contribution is 2.35. The minimum absolute atomic E-state index is 0.459. The number of nitrogens with one attached hydrogen (secondary N) is 3. The number of anilines is 3. The minimum atomic E-state index is 0.459. The number of imidazole rings is 1. The summed E-state index contributed by atoms with van der Waals surface area (Å²) in [5.74, 6) is 3.62. The van der Waals surface area contributed by atoms with Crippen molar-refractivity contribution in [2.75, 3.05) is 23.8 Å². The molecular weight excluding hydrogens is 496 g/mol. The molecule has 5 aromatic rings. The van der Waals surface area contributed by atoms with Crippen molar-refractivity contribution in [2.45, 2.75) is 40.0 Å². The summed E-state index contributed by atoms with van der Waals surface area (Å²) in [6.45, 7) is 8.08. The second kappa shape index (κ2) is 11.4. The molecule has 0 fully saturated rings. The quantitative estimate of drug-likeness (QED) is 0.203. The molecule has 7 nitrogen and oxygen atoms in total. The van der Waals surface area contributed by atoms with Gasteiger partial charge in [0, 0.05) is 23.5 Å². The zero-order chi connectivity index (χ0) is 27.5. The van der Waals surface area contributed by atoms with Crippen molar-refractivity contribution in [3.8, 4) is 16.9 Å². The number of aromatic amines is 1. The van der Waals surface area contributed by atoms with Crippen molar-refractivity contribution < 1.29 is 4.74 Å². The molecule has 3 aromatic carbocycles. The largest absolute Gasteiger partial charge is 0.493 e. The van der Waals surface area contributed by atoms with Crippen LogP contribution in [0.3, 0.4) is 0 Å². The number of hydrogen-bond donors (Lipinski definition) is 3. The third-order valence-corrected chi connectivity index (χ3v) is 7.99. The van der Waals surface area contributed by atoms with Gasteiger partial charge >= 0.3 is 0 Å². The summed E-state index contributed by atoms with van der Waals surface area (Å²) >= 11 is 0. The van der Waals surface area contributed by atoms with E-state index in [1.165, 1.54) is 16.7 Å². The molecule has 0 saturated heterocycles. The monoisotopic (exact) mass is 532 g/mol. The standard InChI is InChI=1S/C33H36N6O/c1-4-34-33-38-28-12-10-25(19-30(28)39-33)24-11-13-31-26(17-24)16-21(2)23(14-15-40-31)18-29-22(3)32(36-20-35-29)37-27-8-6-5-7-9-27/h5-13,17,19-21,23H,4,14-16,18H2,1-3H3,(H2,34,38,39)(H,35,36,37). The summed E-state index contributed by atoms with van der Waals surface area (Å²) < 4.78 is 6.30. The lowest BCUT2D eigenvalue weighted by Crippen LogP contribution is -2.23. The first kappa shape index (κ1) is 25.9. The first-order valence-electron chi connectivity index (χ1n) is 14.2. The molecule has 0 saturated carbocycles. The lowest BCUT2D eigenvalue weighted by Gasteiger charge is -2.28. The Hall–Kier alpha value is -4.39. The molecule has 40 heavy (non-hydrogen) atoms. The van der Waals surface area contributed by atoms with Crippen molar-refractivity contribution in [1.82, 2.24) is 19.9 Å². The normalized spacial score (nSPS) is 17.0. The number of fused-ring (bicyclic) bond motifs is 2. The van der Waals surface area contributed by atoms with Gasteiger partial charge in [0.25, 0.3) is 0 Å². The van der Waals surface area contributed by atoms with Crippen LogP contribution >= 0.6 is 0 Å². The van der Waals surface area contributed by atoms with Crippen LogP contribution in [0.1, 0.15) is 37.1 Å². The molecule has 1 aliphatic rings. The fourth-order valence-corrected chi connectivity index (χ4v) is 5.65. The van der Waals surface area contributed by atoms with Gasteiger partial charge in [0.15, 0.2) is 0 Å². The highest BCUT2D eigenvalue weighted by molar-refractivity contribution is 5.83. The number of rotatable bonds is 7. The second-order valence-electron chi connectivity index (χ2n) is 10.7. The van der Waals surface area contributed by atoms with E-state index in [2.05, 4.69) is 94.9 Å². The molecule has 0 spiro atoms. The lowest BCUT2D eigenvalue weighted by molar-refractivity contribution is 0.220.